The van der Waals surface area contributed by atoms with Crippen molar-refractivity contribution in [3.05, 3.63) is 81.9 Å². The van der Waals surface area contributed by atoms with E-state index in [2.05, 4.69) is 25.2 Å². The van der Waals surface area contributed by atoms with Crippen molar-refractivity contribution in [2.24, 2.45) is 4.99 Å². The molecule has 0 bridgehead atoms. The number of alkyl halides is 3. The Kier molecular flexibility index (Phi) is 8.74. The van der Waals surface area contributed by atoms with Crippen LogP contribution >= 0.6 is 11.3 Å². The fourth-order valence-corrected chi connectivity index (χ4v) is 5.59. The van der Waals surface area contributed by atoms with E-state index in [0.29, 0.717) is 22.0 Å². The zero-order chi connectivity index (χ0) is 30.0. The van der Waals surface area contributed by atoms with Crippen molar-refractivity contribution in [1.82, 2.24) is 19.4 Å². The van der Waals surface area contributed by atoms with Gasteiger partial charge in [0, 0.05) is 53.3 Å². The smallest absolute Gasteiger partial charge is 0.264 e. The third kappa shape index (κ3) is 6.24. The van der Waals surface area contributed by atoms with Gasteiger partial charge in [-0.1, -0.05) is 24.3 Å². The number of nitrogens with one attached hydrogen (secondary N) is 1. The van der Waals surface area contributed by atoms with E-state index in [4.69, 9.17) is 5.73 Å². The van der Waals surface area contributed by atoms with Crippen molar-refractivity contribution < 1.29 is 18.0 Å². The second kappa shape index (κ2) is 12.5. The van der Waals surface area contributed by atoms with Crippen molar-refractivity contribution in [3.63, 3.8) is 0 Å². The van der Waals surface area contributed by atoms with Crippen molar-refractivity contribution in [2.75, 3.05) is 31.7 Å². The number of anilines is 2. The minimum Gasteiger partial charge on any atom is -0.398 e. The van der Waals surface area contributed by atoms with E-state index in [1.807, 2.05) is 38.4 Å². The average molecular weight is 596 g/mol. The van der Waals surface area contributed by atoms with Crippen LogP contribution in [0.5, 0.6) is 0 Å². The van der Waals surface area contributed by atoms with Gasteiger partial charge in [-0.25, -0.2) is 23.1 Å². The van der Waals surface area contributed by atoms with Gasteiger partial charge in [-0.2, -0.15) is 0 Å². The minimum absolute atomic E-state index is 0.0279. The van der Waals surface area contributed by atoms with Crippen LogP contribution in [0.1, 0.15) is 46.1 Å². The van der Waals surface area contributed by atoms with Gasteiger partial charge in [0.1, 0.15) is 6.17 Å². The van der Waals surface area contributed by atoms with Crippen molar-refractivity contribution in [2.45, 2.75) is 44.9 Å². The summed E-state index contributed by atoms with van der Waals surface area (Å²) in [5, 5.41) is 4.74. The Labute approximate surface area is 246 Å². The number of fused-ring (bicyclic) bond motifs is 1. The monoisotopic (exact) mass is 595 g/mol. The van der Waals surface area contributed by atoms with E-state index in [-0.39, 0.29) is 35.5 Å². The Hall–Kier alpha value is -4.03. The van der Waals surface area contributed by atoms with Gasteiger partial charge in [-0.3, -0.25) is 15.1 Å². The van der Waals surface area contributed by atoms with Crippen LogP contribution < -0.4 is 11.1 Å². The predicted molar refractivity (Wildman–Crippen MR) is 160 cm³/mol. The molecule has 3 N–H and O–H groups in total. The topological polar surface area (TPSA) is 101 Å². The summed E-state index contributed by atoms with van der Waals surface area (Å²) in [6.07, 6.45) is 1.21. The molecule has 0 radical (unpaired) electrons. The van der Waals surface area contributed by atoms with Crippen LogP contribution in [-0.4, -0.2) is 58.4 Å². The summed E-state index contributed by atoms with van der Waals surface area (Å²) in [5.41, 5.74) is 10.3. The molecule has 1 aliphatic heterocycles. The zero-order valence-electron chi connectivity index (χ0n) is 23.5. The number of rotatable bonds is 10. The van der Waals surface area contributed by atoms with Crippen LogP contribution in [0.3, 0.4) is 0 Å². The second-order valence-electron chi connectivity index (χ2n) is 10.6. The molecular weight excluding hydrogens is 563 g/mol. The molecule has 0 fully saturated rings. The van der Waals surface area contributed by atoms with Gasteiger partial charge in [0.05, 0.1) is 18.6 Å². The number of halogens is 3. The Balaban J connectivity index is 1.51. The number of aliphatic imine (C=N–C) groups is 1. The van der Waals surface area contributed by atoms with E-state index in [0.717, 1.165) is 24.1 Å². The van der Waals surface area contributed by atoms with Crippen LogP contribution in [0.25, 0.3) is 11.1 Å². The SMILES string of the molecule is Cc1c(-c2ccc(CCN(C)C)cc2)cc(C(F)F)c(C=NC(C(=O)Nc2nccs2)c2ncn3c2C[C@@H](F)C3)c1N. The number of benzene rings is 2. The summed E-state index contributed by atoms with van der Waals surface area (Å²) < 4.78 is 44.7. The summed E-state index contributed by atoms with van der Waals surface area (Å²) >= 11 is 1.22. The first-order valence-corrected chi connectivity index (χ1v) is 14.4. The fourth-order valence-electron chi connectivity index (χ4n) is 5.06. The number of hydrogen-bond donors (Lipinski definition) is 2. The first-order valence-electron chi connectivity index (χ1n) is 13.5. The van der Waals surface area contributed by atoms with E-state index in [9.17, 15) is 18.0 Å². The highest BCUT2D eigenvalue weighted by atomic mass is 32.1. The lowest BCUT2D eigenvalue weighted by atomic mass is 9.92. The molecule has 5 rings (SSSR count). The fraction of sp³-hybridized carbons (Fsp3) is 0.333. The normalized spacial score (nSPS) is 15.6. The van der Waals surface area contributed by atoms with Crippen molar-refractivity contribution in [3.8, 4) is 11.1 Å². The van der Waals surface area contributed by atoms with E-state index in [1.165, 1.54) is 36.1 Å². The molecule has 1 unspecified atom stereocenters. The lowest BCUT2D eigenvalue weighted by molar-refractivity contribution is -0.117. The quantitative estimate of drug-likeness (QED) is 0.183. The third-order valence-electron chi connectivity index (χ3n) is 7.37. The maximum absolute atomic E-state index is 14.4. The lowest BCUT2D eigenvalue weighted by Gasteiger charge is -2.17. The summed E-state index contributed by atoms with van der Waals surface area (Å²) in [7, 11) is 4.02. The summed E-state index contributed by atoms with van der Waals surface area (Å²) in [5.74, 6) is -0.565. The van der Waals surface area contributed by atoms with Gasteiger partial charge >= 0.3 is 0 Å². The minimum atomic E-state index is -2.85. The van der Waals surface area contributed by atoms with E-state index < -0.39 is 24.5 Å². The first kappa shape index (κ1) is 29.5. The molecule has 220 valence electrons. The van der Waals surface area contributed by atoms with Crippen molar-refractivity contribution >= 4 is 34.3 Å². The number of carbonyl (C=O) groups excluding carboxylic acids is 1. The highest BCUT2D eigenvalue weighted by molar-refractivity contribution is 7.13. The number of hydrogen-bond acceptors (Lipinski definition) is 7. The second-order valence-corrected chi connectivity index (χ2v) is 11.4. The molecule has 0 aliphatic carbocycles. The van der Waals surface area contributed by atoms with E-state index in [1.54, 1.807) is 16.9 Å². The molecule has 2 aromatic carbocycles. The first-order chi connectivity index (χ1) is 20.1. The van der Waals surface area contributed by atoms with Crippen molar-refractivity contribution in [1.29, 1.82) is 0 Å². The standard InChI is InChI=1S/C30H32F3N7OS/c1-17-21(19-6-4-18(5-7-19)8-10-39(2)3)13-22(28(32)33)23(25(17)34)14-36-27(29(41)38-30-35-9-11-42-30)26-24-12-20(31)15-40(24)16-37-26/h4-7,9,11,13-14,16,20,27-28H,8,10,12,15,34H2,1-3H3,(H,35,38,41)/t20-,27?/m1/s1. The molecule has 0 saturated heterocycles. The van der Waals surface area contributed by atoms with Gasteiger partial charge in [0.25, 0.3) is 12.3 Å². The number of nitrogen functional groups attached to an aromatic ring is 1. The van der Waals surface area contributed by atoms with Crippen LogP contribution in [0, 0.1) is 6.92 Å². The number of amides is 1. The number of aromatic nitrogens is 3. The largest absolute Gasteiger partial charge is 0.398 e. The molecule has 1 aliphatic rings. The van der Waals surface area contributed by atoms with Gasteiger partial charge in [0.2, 0.25) is 0 Å². The number of imidazole rings is 1. The molecule has 4 aromatic rings. The Morgan fingerprint density at radius 1 is 1.29 bits per heavy atom. The van der Waals surface area contributed by atoms with Crippen LogP contribution in [0.15, 0.2) is 53.2 Å². The molecule has 0 spiro atoms. The average Bonchev–Trinajstić information content (AvgIpc) is 3.69. The summed E-state index contributed by atoms with van der Waals surface area (Å²) in [6.45, 7) is 2.80. The van der Waals surface area contributed by atoms with Gasteiger partial charge in [-0.05, 0) is 55.8 Å². The number of likely N-dealkylation sites (N-methyl/N-ethyl adjacent to an activating group) is 1. The molecule has 2 atom stereocenters. The van der Waals surface area contributed by atoms with Crippen LogP contribution in [-0.2, 0) is 24.2 Å². The van der Waals surface area contributed by atoms with Crippen LogP contribution in [0.2, 0.25) is 0 Å². The lowest BCUT2D eigenvalue weighted by Crippen LogP contribution is -2.21. The highest BCUT2D eigenvalue weighted by Crippen LogP contribution is 2.37. The number of carbonyl (C=O) groups is 1. The number of nitrogens with two attached hydrogens (primary N) is 1. The number of nitrogens with zero attached hydrogens (tertiary/aromatic N) is 5. The Morgan fingerprint density at radius 3 is 2.71 bits per heavy atom. The summed E-state index contributed by atoms with van der Waals surface area (Å²) in [6, 6.07) is 8.00. The van der Waals surface area contributed by atoms with Gasteiger partial charge < -0.3 is 15.2 Å². The Bertz CT molecular complexity index is 1580. The van der Waals surface area contributed by atoms with Gasteiger partial charge in [-0.15, -0.1) is 11.3 Å². The molecule has 1 amide bonds. The predicted octanol–water partition coefficient (Wildman–Crippen LogP) is 5.63. The highest BCUT2D eigenvalue weighted by Gasteiger charge is 2.32. The maximum atomic E-state index is 14.4. The Morgan fingerprint density at radius 2 is 2.05 bits per heavy atom. The molecule has 12 heteroatoms. The molecular formula is C30H32F3N7OS. The van der Waals surface area contributed by atoms with Crippen LogP contribution in [0.4, 0.5) is 24.0 Å². The van der Waals surface area contributed by atoms with Gasteiger partial charge in [0.15, 0.2) is 11.2 Å². The summed E-state index contributed by atoms with van der Waals surface area (Å²) in [4.78, 5) is 28.3. The third-order valence-corrected chi connectivity index (χ3v) is 8.06. The number of thiazole rings is 1. The molecule has 42 heavy (non-hydrogen) atoms. The van der Waals surface area contributed by atoms with E-state index >= 15 is 0 Å². The molecule has 3 heterocycles. The zero-order valence-corrected chi connectivity index (χ0v) is 24.3. The molecule has 2 aromatic heterocycles. The maximum Gasteiger partial charge on any atom is 0.264 e. The molecule has 0 saturated carbocycles. The molecule has 8 nitrogen and oxygen atoms in total.